The molecule has 4 nitrogen and oxygen atoms in total. The number of aryl methyl sites for hydroxylation is 1. The molecule has 1 atom stereocenters. The molecular formula is C21H21NO3S. The normalized spacial score (nSPS) is 21.1. The molecule has 2 aromatic carbocycles. The Morgan fingerprint density at radius 1 is 1.00 bits per heavy atom. The van der Waals surface area contributed by atoms with E-state index in [4.69, 9.17) is 0 Å². The first-order chi connectivity index (χ1) is 12.5. The Balaban J connectivity index is 1.71. The van der Waals surface area contributed by atoms with E-state index in [0.29, 0.717) is 30.8 Å². The van der Waals surface area contributed by atoms with Crippen molar-refractivity contribution in [3.05, 3.63) is 71.3 Å². The molecule has 1 fully saturated rings. The number of benzene rings is 2. The minimum Gasteiger partial charge on any atom is -0.294 e. The summed E-state index contributed by atoms with van der Waals surface area (Å²) in [6, 6.07) is 16.5. The van der Waals surface area contributed by atoms with Crippen molar-refractivity contribution in [2.75, 3.05) is 13.1 Å². The Kier molecular flexibility index (Phi) is 4.29. The van der Waals surface area contributed by atoms with E-state index in [9.17, 15) is 13.2 Å². The van der Waals surface area contributed by atoms with Gasteiger partial charge in [0.15, 0.2) is 5.78 Å². The molecule has 1 saturated heterocycles. The van der Waals surface area contributed by atoms with Crippen molar-refractivity contribution in [3.8, 4) is 0 Å². The van der Waals surface area contributed by atoms with Gasteiger partial charge in [0, 0.05) is 25.1 Å². The lowest BCUT2D eigenvalue weighted by Crippen LogP contribution is -2.39. The van der Waals surface area contributed by atoms with Crippen molar-refractivity contribution in [2.24, 2.45) is 5.92 Å². The monoisotopic (exact) mass is 367 g/mol. The molecule has 1 aliphatic carbocycles. The molecule has 0 radical (unpaired) electrons. The zero-order chi connectivity index (χ0) is 18.3. The largest absolute Gasteiger partial charge is 0.294 e. The molecule has 2 aromatic rings. The van der Waals surface area contributed by atoms with Crippen LogP contribution in [0.25, 0.3) is 5.57 Å². The second-order valence-electron chi connectivity index (χ2n) is 7.03. The van der Waals surface area contributed by atoms with Gasteiger partial charge in [-0.15, -0.1) is 0 Å². The molecule has 0 saturated carbocycles. The van der Waals surface area contributed by atoms with Crippen LogP contribution in [0, 0.1) is 12.8 Å². The van der Waals surface area contributed by atoms with Gasteiger partial charge in [-0.3, -0.25) is 4.79 Å². The standard InChI is InChI=1S/C21H21NO3S/c1-15-7-9-18(10-8-15)26(24,25)22-12-11-17-13-20(23)21(19(17)14-22)16-5-3-2-4-6-16/h2-10,17H,11-14H2,1H3. The second-order valence-corrected chi connectivity index (χ2v) is 8.97. The number of fused-ring (bicyclic) bond motifs is 1. The zero-order valence-corrected chi connectivity index (χ0v) is 15.5. The van der Waals surface area contributed by atoms with E-state index in [1.54, 1.807) is 12.1 Å². The number of Topliss-reactive ketones (excluding diaryl/α,β-unsaturated/α-hetero) is 1. The number of piperidine rings is 1. The van der Waals surface area contributed by atoms with Crippen LogP contribution in [0.15, 0.2) is 65.1 Å². The van der Waals surface area contributed by atoms with Crippen molar-refractivity contribution >= 4 is 21.4 Å². The fraction of sp³-hybridized carbons (Fsp3) is 0.286. The molecule has 134 valence electrons. The fourth-order valence-electron chi connectivity index (χ4n) is 3.90. The van der Waals surface area contributed by atoms with Crippen molar-refractivity contribution in [3.63, 3.8) is 0 Å². The van der Waals surface area contributed by atoms with Crippen molar-refractivity contribution in [1.82, 2.24) is 4.31 Å². The van der Waals surface area contributed by atoms with Crippen LogP contribution in [0.1, 0.15) is 24.0 Å². The van der Waals surface area contributed by atoms with Gasteiger partial charge in [-0.25, -0.2) is 8.42 Å². The van der Waals surface area contributed by atoms with Gasteiger partial charge in [0.1, 0.15) is 0 Å². The minimum absolute atomic E-state index is 0.130. The van der Waals surface area contributed by atoms with Gasteiger partial charge >= 0.3 is 0 Å². The number of ketones is 1. The van der Waals surface area contributed by atoms with Gasteiger partial charge in [-0.2, -0.15) is 4.31 Å². The van der Waals surface area contributed by atoms with Gasteiger partial charge in [-0.1, -0.05) is 48.0 Å². The van der Waals surface area contributed by atoms with Crippen LogP contribution < -0.4 is 0 Å². The van der Waals surface area contributed by atoms with E-state index in [0.717, 1.165) is 22.3 Å². The van der Waals surface area contributed by atoms with E-state index in [1.165, 1.54) is 4.31 Å². The highest BCUT2D eigenvalue weighted by atomic mass is 32.2. The maximum absolute atomic E-state index is 13.0. The SMILES string of the molecule is Cc1ccc(S(=O)(=O)N2CCC3CC(=O)C(c4ccccc4)=C3C2)cc1. The highest BCUT2D eigenvalue weighted by Crippen LogP contribution is 2.41. The molecule has 26 heavy (non-hydrogen) atoms. The summed E-state index contributed by atoms with van der Waals surface area (Å²) in [5.41, 5.74) is 3.62. The number of hydrogen-bond acceptors (Lipinski definition) is 3. The quantitative estimate of drug-likeness (QED) is 0.835. The summed E-state index contributed by atoms with van der Waals surface area (Å²) in [6.07, 6.45) is 1.19. The number of allylic oxidation sites excluding steroid dienone is 1. The molecule has 0 spiro atoms. The summed E-state index contributed by atoms with van der Waals surface area (Å²) < 4.78 is 27.6. The molecule has 1 heterocycles. The molecular weight excluding hydrogens is 346 g/mol. The van der Waals surface area contributed by atoms with Crippen LogP contribution in [-0.4, -0.2) is 31.6 Å². The number of carbonyl (C=O) groups is 1. The van der Waals surface area contributed by atoms with Crippen LogP contribution in [0.5, 0.6) is 0 Å². The number of hydrogen-bond donors (Lipinski definition) is 0. The Morgan fingerprint density at radius 3 is 2.38 bits per heavy atom. The minimum atomic E-state index is -3.55. The maximum atomic E-state index is 13.0. The third kappa shape index (κ3) is 2.91. The van der Waals surface area contributed by atoms with Crippen molar-refractivity contribution in [1.29, 1.82) is 0 Å². The summed E-state index contributed by atoms with van der Waals surface area (Å²) in [5, 5.41) is 0. The zero-order valence-electron chi connectivity index (χ0n) is 14.7. The highest BCUT2D eigenvalue weighted by Gasteiger charge is 2.39. The summed E-state index contributed by atoms with van der Waals surface area (Å²) >= 11 is 0. The lowest BCUT2D eigenvalue weighted by molar-refractivity contribution is -0.113. The first-order valence-corrected chi connectivity index (χ1v) is 10.3. The van der Waals surface area contributed by atoms with Gasteiger partial charge in [-0.05, 0) is 42.5 Å². The average molecular weight is 367 g/mol. The molecule has 0 N–H and O–H groups in total. The summed E-state index contributed by atoms with van der Waals surface area (Å²) in [6.45, 7) is 2.69. The lowest BCUT2D eigenvalue weighted by Gasteiger charge is -2.31. The van der Waals surface area contributed by atoms with Crippen LogP contribution in [0.2, 0.25) is 0 Å². The molecule has 2 aliphatic rings. The topological polar surface area (TPSA) is 54.5 Å². The summed E-state index contributed by atoms with van der Waals surface area (Å²) in [7, 11) is -3.55. The van der Waals surface area contributed by atoms with E-state index >= 15 is 0 Å². The Labute approximate surface area is 154 Å². The van der Waals surface area contributed by atoms with Crippen LogP contribution >= 0.6 is 0 Å². The number of rotatable bonds is 3. The molecule has 4 rings (SSSR count). The number of carbonyl (C=O) groups excluding carboxylic acids is 1. The predicted molar refractivity (Wildman–Crippen MR) is 101 cm³/mol. The van der Waals surface area contributed by atoms with E-state index in [1.807, 2.05) is 49.4 Å². The van der Waals surface area contributed by atoms with Crippen molar-refractivity contribution < 1.29 is 13.2 Å². The molecule has 1 aliphatic heterocycles. The molecule has 0 bridgehead atoms. The molecule has 0 aromatic heterocycles. The van der Waals surface area contributed by atoms with Crippen molar-refractivity contribution in [2.45, 2.75) is 24.7 Å². The Hall–Kier alpha value is -2.24. The Bertz CT molecular complexity index is 976. The van der Waals surface area contributed by atoms with Gasteiger partial charge in [0.2, 0.25) is 10.0 Å². The first-order valence-electron chi connectivity index (χ1n) is 8.85. The second kappa shape index (κ2) is 6.49. The van der Waals surface area contributed by atoms with E-state index in [2.05, 4.69) is 0 Å². The average Bonchev–Trinajstić information content (AvgIpc) is 2.97. The third-order valence-electron chi connectivity index (χ3n) is 5.32. The van der Waals surface area contributed by atoms with Crippen LogP contribution in [0.4, 0.5) is 0 Å². The maximum Gasteiger partial charge on any atom is 0.243 e. The third-order valence-corrected chi connectivity index (χ3v) is 7.18. The number of sulfonamides is 1. The van der Waals surface area contributed by atoms with Crippen LogP contribution in [-0.2, 0) is 14.8 Å². The predicted octanol–water partition coefficient (Wildman–Crippen LogP) is 3.43. The molecule has 0 amide bonds. The van der Waals surface area contributed by atoms with Gasteiger partial charge < -0.3 is 0 Å². The molecule has 5 heteroatoms. The lowest BCUT2D eigenvalue weighted by atomic mass is 9.92. The van der Waals surface area contributed by atoms with Gasteiger partial charge in [0.05, 0.1) is 4.90 Å². The molecule has 1 unspecified atom stereocenters. The van der Waals surface area contributed by atoms with Gasteiger partial charge in [0.25, 0.3) is 0 Å². The smallest absolute Gasteiger partial charge is 0.243 e. The summed E-state index contributed by atoms with van der Waals surface area (Å²) in [4.78, 5) is 12.9. The first kappa shape index (κ1) is 17.2. The Morgan fingerprint density at radius 2 is 1.69 bits per heavy atom. The fourth-order valence-corrected chi connectivity index (χ4v) is 5.33. The van der Waals surface area contributed by atoms with Crippen LogP contribution in [0.3, 0.4) is 0 Å². The number of nitrogens with zero attached hydrogens (tertiary/aromatic N) is 1. The van der Waals surface area contributed by atoms with E-state index < -0.39 is 10.0 Å². The van der Waals surface area contributed by atoms with E-state index in [-0.39, 0.29) is 11.7 Å². The summed E-state index contributed by atoms with van der Waals surface area (Å²) in [5.74, 6) is 0.299. The highest BCUT2D eigenvalue weighted by molar-refractivity contribution is 7.89.